The lowest BCUT2D eigenvalue weighted by atomic mass is 10.1. The minimum Gasteiger partial charge on any atom is -0.481 e. The van der Waals surface area contributed by atoms with E-state index in [1.54, 1.807) is 33.0 Å². The number of hydrogen-bond acceptors (Lipinski definition) is 15. The molecule has 0 saturated heterocycles. The molecule has 25 heteroatoms. The van der Waals surface area contributed by atoms with Gasteiger partial charge in [0.05, 0.1) is 19.6 Å². The van der Waals surface area contributed by atoms with Crippen LogP contribution < -0.4 is 26.6 Å². The summed E-state index contributed by atoms with van der Waals surface area (Å²) in [6, 6.07) is -0.486. The minimum atomic E-state index is -1.64. The highest BCUT2D eigenvalue weighted by Crippen LogP contribution is 2.13. The van der Waals surface area contributed by atoms with Gasteiger partial charge in [0.1, 0.15) is 16.7 Å². The van der Waals surface area contributed by atoms with Crippen LogP contribution in [0.5, 0.6) is 0 Å². The van der Waals surface area contributed by atoms with E-state index < -0.39 is 67.1 Å². The first kappa shape index (κ1) is 55.0. The molecule has 62 heavy (non-hydrogen) atoms. The highest BCUT2D eigenvalue weighted by atomic mass is 79.9. The zero-order valence-corrected chi connectivity index (χ0v) is 36.0. The Labute approximate surface area is 366 Å². The average molecular weight is 951 g/mol. The lowest BCUT2D eigenvalue weighted by Crippen LogP contribution is -2.51. The topological polar surface area (TPSA) is 361 Å². The van der Waals surface area contributed by atoms with Crippen LogP contribution in [0.15, 0.2) is 22.9 Å². The highest BCUT2D eigenvalue weighted by molar-refractivity contribution is 9.10. The smallest absolute Gasteiger partial charge is 0.326 e. The number of amides is 4. The van der Waals surface area contributed by atoms with Crippen LogP contribution in [-0.4, -0.2) is 200 Å². The van der Waals surface area contributed by atoms with E-state index in [1.165, 1.54) is 0 Å². The second kappa shape index (κ2) is 31.7. The molecule has 2 atom stereocenters. The van der Waals surface area contributed by atoms with E-state index in [-0.39, 0.29) is 110 Å². The molecule has 0 aliphatic rings. The molecule has 0 aromatic carbocycles. The van der Waals surface area contributed by atoms with Gasteiger partial charge < -0.3 is 67.2 Å². The zero-order valence-electron chi connectivity index (χ0n) is 34.4. The SMILES string of the molecule is O=C(O)CCC(NC(=O)N[C@@H](CCCCN(Cc1ccc(Br)nc1)C(=O)CCCCNC(=O)CNCCN(CCN(CCNCC(=O)O)CC(O)O)CC(=O)O)C(=O)O)C(=O)O. The van der Waals surface area contributed by atoms with E-state index in [4.69, 9.17) is 10.2 Å². The molecule has 0 bridgehead atoms. The number of carboxylic acid groups (broad SMARTS) is 5. The Hall–Kier alpha value is -5.05. The molecule has 0 spiro atoms. The molecule has 1 aromatic heterocycles. The van der Waals surface area contributed by atoms with Crippen LogP contribution in [0.1, 0.15) is 56.9 Å². The number of halogens is 1. The fourth-order valence-electron chi connectivity index (χ4n) is 5.79. The van der Waals surface area contributed by atoms with E-state index in [9.17, 15) is 63.9 Å². The number of aliphatic hydroxyl groups is 2. The predicted molar refractivity (Wildman–Crippen MR) is 222 cm³/mol. The largest absolute Gasteiger partial charge is 0.481 e. The maximum Gasteiger partial charge on any atom is 0.326 e. The summed E-state index contributed by atoms with van der Waals surface area (Å²) in [5.74, 6) is -6.71. The summed E-state index contributed by atoms with van der Waals surface area (Å²) in [5.41, 5.74) is 0.746. The van der Waals surface area contributed by atoms with Crippen LogP contribution in [0.2, 0.25) is 0 Å². The fraction of sp³-hybridized carbons (Fsp3) is 0.649. The summed E-state index contributed by atoms with van der Waals surface area (Å²) >= 11 is 3.27. The first-order valence-corrected chi connectivity index (χ1v) is 20.7. The van der Waals surface area contributed by atoms with Crippen molar-refractivity contribution in [2.75, 3.05) is 78.5 Å². The highest BCUT2D eigenvalue weighted by Gasteiger charge is 2.25. The van der Waals surface area contributed by atoms with Crippen molar-refractivity contribution in [2.45, 2.75) is 76.3 Å². The lowest BCUT2D eigenvalue weighted by molar-refractivity contribution is -0.141. The van der Waals surface area contributed by atoms with E-state index in [0.29, 0.717) is 30.4 Å². The van der Waals surface area contributed by atoms with Gasteiger partial charge in [0.25, 0.3) is 0 Å². The number of aliphatic carboxylic acids is 5. The molecule has 1 aromatic rings. The van der Waals surface area contributed by atoms with E-state index in [0.717, 1.165) is 5.56 Å². The van der Waals surface area contributed by atoms with Gasteiger partial charge in [-0.05, 0) is 66.1 Å². The van der Waals surface area contributed by atoms with Crippen molar-refractivity contribution >= 4 is 63.6 Å². The second-order valence-electron chi connectivity index (χ2n) is 14.1. The first-order chi connectivity index (χ1) is 29.4. The standard InChI is InChI=1S/C37H60BrN9O15/c38-28-9-7-25(19-42-28)22-47(14-4-2-5-26(35(58)59)43-37(62)44-27(36(60)61)8-10-31(50)51)30(49)6-1-3-11-41-29(48)20-39-12-15-45(23-33(54)55)17-18-46(24-34(56)57)16-13-40-21-32(52)53/h7,9,19,26-27,34,39-40,56-57H,1-6,8,10-18,20-24H2,(H,41,48)(H,50,51)(H,52,53)(H,54,55)(H,58,59)(H,60,61)(H2,43,44,62)/t26-,27?/m0/s1. The van der Waals surface area contributed by atoms with Crippen molar-refractivity contribution in [3.8, 4) is 0 Å². The minimum absolute atomic E-state index is 0.0422. The summed E-state index contributed by atoms with van der Waals surface area (Å²) in [6.07, 6.45) is 0.699. The molecule has 1 unspecified atom stereocenters. The van der Waals surface area contributed by atoms with Gasteiger partial charge in [-0.2, -0.15) is 0 Å². The van der Waals surface area contributed by atoms with Crippen molar-refractivity contribution in [1.29, 1.82) is 0 Å². The number of carbonyl (C=O) groups is 8. The third-order valence-electron chi connectivity index (χ3n) is 8.96. The van der Waals surface area contributed by atoms with Gasteiger partial charge in [-0.25, -0.2) is 19.4 Å². The Morgan fingerprint density at radius 2 is 1.29 bits per heavy atom. The molecule has 0 aliphatic heterocycles. The number of nitrogens with one attached hydrogen (secondary N) is 5. The molecular weight excluding hydrogens is 890 g/mol. The van der Waals surface area contributed by atoms with E-state index in [2.05, 4.69) is 47.5 Å². The molecule has 0 fully saturated rings. The van der Waals surface area contributed by atoms with E-state index >= 15 is 0 Å². The van der Waals surface area contributed by atoms with Gasteiger partial charge in [-0.1, -0.05) is 6.07 Å². The summed E-state index contributed by atoms with van der Waals surface area (Å²) in [7, 11) is 0. The summed E-state index contributed by atoms with van der Waals surface area (Å²) in [4.78, 5) is 103. The quantitative estimate of drug-likeness (QED) is 0.0196. The number of urea groups is 1. The van der Waals surface area contributed by atoms with Crippen molar-refractivity contribution in [1.82, 2.24) is 46.3 Å². The summed E-state index contributed by atoms with van der Waals surface area (Å²) in [5, 5.41) is 77.3. The number of aromatic nitrogens is 1. The van der Waals surface area contributed by atoms with Gasteiger partial charge in [0.15, 0.2) is 6.29 Å². The van der Waals surface area contributed by atoms with Gasteiger partial charge in [0.2, 0.25) is 11.8 Å². The summed E-state index contributed by atoms with van der Waals surface area (Å²) < 4.78 is 0.603. The number of carbonyl (C=O) groups excluding carboxylic acids is 3. The molecule has 12 N–H and O–H groups in total. The predicted octanol–water partition coefficient (Wildman–Crippen LogP) is -2.04. The molecule has 0 saturated carbocycles. The third kappa shape index (κ3) is 27.7. The normalized spacial score (nSPS) is 12.2. The van der Waals surface area contributed by atoms with Crippen molar-refractivity contribution < 1.29 is 74.1 Å². The Morgan fingerprint density at radius 3 is 1.87 bits per heavy atom. The monoisotopic (exact) mass is 949 g/mol. The molecule has 350 valence electrons. The number of hydrogen-bond donors (Lipinski definition) is 12. The maximum atomic E-state index is 13.3. The number of nitrogens with zero attached hydrogens (tertiary/aromatic N) is 4. The van der Waals surface area contributed by atoms with E-state index in [1.807, 2.05) is 0 Å². The Morgan fingerprint density at radius 1 is 0.661 bits per heavy atom. The van der Waals surface area contributed by atoms with Crippen molar-refractivity contribution in [2.24, 2.45) is 0 Å². The van der Waals surface area contributed by atoms with Crippen LogP contribution >= 0.6 is 15.9 Å². The number of aliphatic hydroxyl groups excluding tert-OH is 1. The van der Waals surface area contributed by atoms with Gasteiger partial charge in [-0.3, -0.25) is 33.8 Å². The molecule has 24 nitrogen and oxygen atoms in total. The number of pyridine rings is 1. The van der Waals surface area contributed by atoms with Gasteiger partial charge in [0, 0.05) is 84.5 Å². The molecule has 1 heterocycles. The van der Waals surface area contributed by atoms with Crippen molar-refractivity contribution in [3.63, 3.8) is 0 Å². The zero-order chi connectivity index (χ0) is 46.5. The summed E-state index contributed by atoms with van der Waals surface area (Å²) in [6.45, 7) is 1.64. The Bertz CT molecular complexity index is 1580. The van der Waals surface area contributed by atoms with Gasteiger partial charge >= 0.3 is 35.9 Å². The van der Waals surface area contributed by atoms with Crippen molar-refractivity contribution in [3.05, 3.63) is 28.5 Å². The van der Waals surface area contributed by atoms with Gasteiger partial charge in [-0.15, -0.1) is 0 Å². The van der Waals surface area contributed by atoms with Crippen LogP contribution in [0.4, 0.5) is 4.79 Å². The number of unbranched alkanes of at least 4 members (excludes halogenated alkanes) is 2. The van der Waals surface area contributed by atoms with Crippen LogP contribution in [0, 0.1) is 0 Å². The molecular formula is C37H60BrN9O15. The molecule has 1 rings (SSSR count). The lowest BCUT2D eigenvalue weighted by Gasteiger charge is -2.27. The molecule has 0 aliphatic carbocycles. The number of carboxylic acids is 5. The average Bonchev–Trinajstić information content (AvgIpc) is 3.18. The third-order valence-corrected chi connectivity index (χ3v) is 9.43. The molecule has 4 amide bonds. The van der Waals surface area contributed by atoms with Crippen LogP contribution in [-0.2, 0) is 40.1 Å². The number of rotatable bonds is 36. The molecule has 0 radical (unpaired) electrons. The van der Waals surface area contributed by atoms with Crippen LogP contribution in [0.3, 0.4) is 0 Å². The second-order valence-corrected chi connectivity index (χ2v) is 15.0. The fourth-order valence-corrected chi connectivity index (χ4v) is 6.03. The Kier molecular flexibility index (Phi) is 28.1. The maximum absolute atomic E-state index is 13.3. The van der Waals surface area contributed by atoms with Crippen LogP contribution in [0.25, 0.3) is 0 Å². The Balaban J connectivity index is 2.58. The first-order valence-electron chi connectivity index (χ1n) is 19.9.